The van der Waals surface area contributed by atoms with Crippen molar-refractivity contribution in [2.45, 2.75) is 37.4 Å². The highest BCUT2D eigenvalue weighted by Crippen LogP contribution is 2.25. The van der Waals surface area contributed by atoms with Crippen LogP contribution in [0.4, 0.5) is 4.39 Å². The number of nitrogens with zero attached hydrogens (tertiary/aromatic N) is 3. The number of hydrogen-bond donors (Lipinski definition) is 2. The molecular weight excluding hydrogens is 408 g/mol. The zero-order valence-electron chi connectivity index (χ0n) is 15.5. The third-order valence-electron chi connectivity index (χ3n) is 5.32. The van der Waals surface area contributed by atoms with Crippen LogP contribution in [0.25, 0.3) is 11.2 Å². The molecule has 156 valence electrons. The van der Waals surface area contributed by atoms with Gasteiger partial charge >= 0.3 is 0 Å². The van der Waals surface area contributed by atoms with Crippen molar-refractivity contribution >= 4 is 41.9 Å². The smallest absolute Gasteiger partial charge is 0.253 e. The summed E-state index contributed by atoms with van der Waals surface area (Å²) < 4.78 is 22.1. The molecule has 28 heavy (non-hydrogen) atoms. The lowest BCUT2D eigenvalue weighted by Crippen LogP contribution is -2.46. The van der Waals surface area contributed by atoms with Gasteiger partial charge in [0.1, 0.15) is 11.2 Å². The Balaban J connectivity index is 0.00000140. The fourth-order valence-electron chi connectivity index (χ4n) is 3.67. The molecule has 2 aromatic heterocycles. The number of carbonyl (C=O) groups is 1. The molecule has 2 saturated heterocycles. The summed E-state index contributed by atoms with van der Waals surface area (Å²) in [6.07, 6.45) is 6.02. The van der Waals surface area contributed by atoms with Crippen molar-refractivity contribution in [1.29, 1.82) is 0 Å². The third kappa shape index (κ3) is 4.92. The summed E-state index contributed by atoms with van der Waals surface area (Å²) in [7, 11) is 0. The minimum absolute atomic E-state index is 0. The molecule has 2 fully saturated rings. The van der Waals surface area contributed by atoms with E-state index in [1.165, 1.54) is 0 Å². The second-order valence-electron chi connectivity index (χ2n) is 7.15. The quantitative estimate of drug-likeness (QED) is 0.773. The first kappa shape index (κ1) is 22.8. The lowest BCUT2D eigenvalue weighted by molar-refractivity contribution is 0.0704. The molecule has 2 aliphatic heterocycles. The largest absolute Gasteiger partial charge is 0.381 e. The molecule has 0 saturated carbocycles. The summed E-state index contributed by atoms with van der Waals surface area (Å²) in [6.45, 7) is 2.80. The van der Waals surface area contributed by atoms with E-state index >= 15 is 0 Å². The molecule has 4 heterocycles. The van der Waals surface area contributed by atoms with Gasteiger partial charge in [0, 0.05) is 25.5 Å². The minimum Gasteiger partial charge on any atom is -0.381 e. The molecule has 10 heteroatoms. The van der Waals surface area contributed by atoms with E-state index in [2.05, 4.69) is 25.2 Å². The molecule has 0 bridgehead atoms. The molecule has 7 nitrogen and oxygen atoms in total. The first-order chi connectivity index (χ1) is 12.6. The third-order valence-corrected chi connectivity index (χ3v) is 5.32. The number of ether oxygens (including phenoxy) is 1. The first-order valence-corrected chi connectivity index (χ1v) is 9.23. The fraction of sp³-hybridized carbons (Fsp3) is 0.611. The SMILES string of the molecule is Cl.Cl.O=C(NCC1(F)CCNCC1)c1cnc2c(c1)ncn2C1CCOCC1. The Morgan fingerprint density at radius 3 is 2.71 bits per heavy atom. The standard InChI is InChI=1S/C18H24FN5O2.2ClH/c19-18(3-5-20-6-4-18)11-22-17(25)13-9-15-16(21-10-13)24(12-23-15)14-1-7-26-8-2-14;;/h9-10,12,14,20H,1-8,11H2,(H,22,25);2*1H. The Kier molecular flexibility index (Phi) is 8.00. The number of alkyl halides is 1. The molecule has 0 spiro atoms. The Morgan fingerprint density at radius 2 is 2.00 bits per heavy atom. The number of nitrogens with one attached hydrogen (secondary N) is 2. The van der Waals surface area contributed by atoms with Crippen molar-refractivity contribution < 1.29 is 13.9 Å². The summed E-state index contributed by atoms with van der Waals surface area (Å²) in [5.41, 5.74) is 0.533. The molecule has 2 aliphatic rings. The van der Waals surface area contributed by atoms with E-state index < -0.39 is 5.67 Å². The maximum Gasteiger partial charge on any atom is 0.253 e. The number of pyridine rings is 1. The average molecular weight is 434 g/mol. The van der Waals surface area contributed by atoms with Gasteiger partial charge in [-0.2, -0.15) is 0 Å². The van der Waals surface area contributed by atoms with Crippen LogP contribution in [0.1, 0.15) is 42.1 Å². The predicted octanol–water partition coefficient (Wildman–Crippen LogP) is 2.45. The fourth-order valence-corrected chi connectivity index (χ4v) is 3.67. The predicted molar refractivity (Wildman–Crippen MR) is 109 cm³/mol. The summed E-state index contributed by atoms with van der Waals surface area (Å²) in [5.74, 6) is -0.310. The van der Waals surface area contributed by atoms with Gasteiger partial charge in [-0.25, -0.2) is 14.4 Å². The Bertz CT molecular complexity index is 791. The van der Waals surface area contributed by atoms with Crippen LogP contribution in [-0.4, -0.2) is 59.0 Å². The minimum atomic E-state index is -1.33. The molecule has 0 aliphatic carbocycles. The van der Waals surface area contributed by atoms with Crippen LogP contribution < -0.4 is 10.6 Å². The van der Waals surface area contributed by atoms with E-state index in [9.17, 15) is 9.18 Å². The lowest BCUT2D eigenvalue weighted by Gasteiger charge is -2.30. The van der Waals surface area contributed by atoms with Gasteiger partial charge in [-0.1, -0.05) is 0 Å². The summed E-state index contributed by atoms with van der Waals surface area (Å²) in [5, 5.41) is 5.84. The van der Waals surface area contributed by atoms with Crippen LogP contribution in [0.15, 0.2) is 18.6 Å². The molecule has 2 aromatic rings. The van der Waals surface area contributed by atoms with E-state index in [-0.39, 0.29) is 37.3 Å². The number of halogens is 3. The maximum absolute atomic E-state index is 14.6. The van der Waals surface area contributed by atoms with Crippen molar-refractivity contribution in [3.05, 3.63) is 24.2 Å². The van der Waals surface area contributed by atoms with E-state index in [0.29, 0.717) is 43.1 Å². The van der Waals surface area contributed by atoms with E-state index in [1.807, 2.05) is 0 Å². The van der Waals surface area contributed by atoms with Gasteiger partial charge in [0.25, 0.3) is 5.91 Å². The number of amides is 1. The Morgan fingerprint density at radius 1 is 1.29 bits per heavy atom. The number of aromatic nitrogens is 3. The average Bonchev–Trinajstić information content (AvgIpc) is 3.11. The normalized spacial score (nSPS) is 19.5. The van der Waals surface area contributed by atoms with Gasteiger partial charge in [-0.05, 0) is 44.8 Å². The first-order valence-electron chi connectivity index (χ1n) is 9.23. The number of hydrogen-bond acceptors (Lipinski definition) is 5. The van der Waals surface area contributed by atoms with Crippen LogP contribution in [-0.2, 0) is 4.74 Å². The van der Waals surface area contributed by atoms with Crippen LogP contribution >= 0.6 is 24.8 Å². The monoisotopic (exact) mass is 433 g/mol. The van der Waals surface area contributed by atoms with Crippen molar-refractivity contribution in [2.75, 3.05) is 32.8 Å². The number of piperidine rings is 1. The molecule has 0 atom stereocenters. The van der Waals surface area contributed by atoms with Crippen LogP contribution in [0.3, 0.4) is 0 Å². The van der Waals surface area contributed by atoms with Crippen LogP contribution in [0.2, 0.25) is 0 Å². The van der Waals surface area contributed by atoms with Crippen molar-refractivity contribution in [3.63, 3.8) is 0 Å². The molecule has 0 unspecified atom stereocenters. The van der Waals surface area contributed by atoms with Crippen molar-refractivity contribution in [3.8, 4) is 0 Å². The van der Waals surface area contributed by atoms with Gasteiger partial charge in [0.15, 0.2) is 5.65 Å². The maximum atomic E-state index is 14.6. The van der Waals surface area contributed by atoms with E-state index in [1.54, 1.807) is 18.6 Å². The summed E-state index contributed by atoms with van der Waals surface area (Å²) >= 11 is 0. The van der Waals surface area contributed by atoms with E-state index in [0.717, 1.165) is 31.7 Å². The molecule has 4 rings (SSSR count). The van der Waals surface area contributed by atoms with Gasteiger partial charge in [-0.3, -0.25) is 4.79 Å². The lowest BCUT2D eigenvalue weighted by atomic mass is 9.94. The van der Waals surface area contributed by atoms with Crippen LogP contribution in [0, 0.1) is 0 Å². The highest BCUT2D eigenvalue weighted by atomic mass is 35.5. The Labute approximate surface area is 175 Å². The number of imidazole rings is 1. The van der Waals surface area contributed by atoms with E-state index in [4.69, 9.17) is 4.74 Å². The molecular formula is C18H26Cl2FN5O2. The van der Waals surface area contributed by atoms with Gasteiger partial charge in [-0.15, -0.1) is 24.8 Å². The van der Waals surface area contributed by atoms with Gasteiger partial charge in [0.05, 0.1) is 18.4 Å². The molecule has 0 aromatic carbocycles. The highest BCUT2D eigenvalue weighted by molar-refractivity contribution is 5.96. The number of carbonyl (C=O) groups excluding carboxylic acids is 1. The van der Waals surface area contributed by atoms with Crippen molar-refractivity contribution in [2.24, 2.45) is 0 Å². The topological polar surface area (TPSA) is 81.1 Å². The number of rotatable bonds is 4. The Hall–Kier alpha value is -1.48. The number of fused-ring (bicyclic) bond motifs is 1. The molecule has 1 amide bonds. The van der Waals surface area contributed by atoms with Gasteiger partial charge in [0.2, 0.25) is 0 Å². The highest BCUT2D eigenvalue weighted by Gasteiger charge is 2.32. The zero-order valence-corrected chi connectivity index (χ0v) is 17.2. The second-order valence-corrected chi connectivity index (χ2v) is 7.15. The molecule has 2 N–H and O–H groups in total. The van der Waals surface area contributed by atoms with Gasteiger partial charge < -0.3 is 19.9 Å². The summed E-state index contributed by atoms with van der Waals surface area (Å²) in [6, 6.07) is 2.05. The molecule has 0 radical (unpaired) electrons. The second kappa shape index (κ2) is 9.82. The van der Waals surface area contributed by atoms with Crippen molar-refractivity contribution in [1.82, 2.24) is 25.2 Å². The summed E-state index contributed by atoms with van der Waals surface area (Å²) in [4.78, 5) is 21.2. The van der Waals surface area contributed by atoms with Crippen LogP contribution in [0.5, 0.6) is 0 Å². The zero-order chi connectivity index (χ0) is 18.0.